The zero-order chi connectivity index (χ0) is 24.1. The molecule has 0 bridgehead atoms. The summed E-state index contributed by atoms with van der Waals surface area (Å²) in [5.41, 5.74) is -0.452. The molecular weight excluding hydrogens is 452 g/mol. The summed E-state index contributed by atoms with van der Waals surface area (Å²) < 4.78 is 86.5. The smallest absolute Gasteiger partial charge is 0.490 e. The molecule has 33 heavy (non-hydrogen) atoms. The van der Waals surface area contributed by atoms with Crippen LogP contribution >= 0.6 is 0 Å². The first kappa shape index (κ1) is 25.2. The van der Waals surface area contributed by atoms with Gasteiger partial charge >= 0.3 is 12.5 Å². The predicted octanol–water partition coefficient (Wildman–Crippen LogP) is 5.40. The Bertz CT molecular complexity index is 890. The quantitative estimate of drug-likeness (QED) is 0.500. The van der Waals surface area contributed by atoms with Crippen molar-refractivity contribution in [2.45, 2.75) is 62.4 Å². The minimum absolute atomic E-state index is 0.140. The fourth-order valence-electron chi connectivity index (χ4n) is 4.16. The average Bonchev–Trinajstić information content (AvgIpc) is 2.71. The van der Waals surface area contributed by atoms with E-state index in [0.29, 0.717) is 37.0 Å². The molecule has 3 rings (SSSR count). The second-order valence-corrected chi connectivity index (χ2v) is 8.24. The van der Waals surface area contributed by atoms with Gasteiger partial charge in [0.25, 0.3) is 0 Å². The van der Waals surface area contributed by atoms with Gasteiger partial charge in [0.1, 0.15) is 17.6 Å². The molecule has 1 saturated carbocycles. The first-order chi connectivity index (χ1) is 15.4. The number of hydrogen-bond acceptors (Lipinski definition) is 4. The summed E-state index contributed by atoms with van der Waals surface area (Å²) in [6.07, 6.45) is -10.3. The van der Waals surface area contributed by atoms with Crippen molar-refractivity contribution in [2.24, 2.45) is 0 Å². The number of aliphatic hydroxyl groups excluding tert-OH is 1. The van der Waals surface area contributed by atoms with Crippen molar-refractivity contribution >= 4 is 0 Å². The summed E-state index contributed by atoms with van der Waals surface area (Å²) in [5, 5.41) is 12.4. The molecule has 0 saturated heterocycles. The van der Waals surface area contributed by atoms with Crippen LogP contribution < -0.4 is 14.8 Å². The van der Waals surface area contributed by atoms with Crippen LogP contribution in [-0.2, 0) is 6.42 Å². The Morgan fingerprint density at radius 3 is 2.36 bits per heavy atom. The summed E-state index contributed by atoms with van der Waals surface area (Å²) in [5.74, 6) is 0.215. The Labute approximate surface area is 187 Å². The molecule has 4 nitrogen and oxygen atoms in total. The van der Waals surface area contributed by atoms with Gasteiger partial charge in [0.05, 0.1) is 0 Å². The second-order valence-electron chi connectivity index (χ2n) is 8.24. The molecule has 3 atom stereocenters. The van der Waals surface area contributed by atoms with E-state index in [2.05, 4.69) is 10.1 Å². The lowest BCUT2D eigenvalue weighted by molar-refractivity contribution is -0.274. The highest BCUT2D eigenvalue weighted by Crippen LogP contribution is 2.35. The number of benzene rings is 2. The number of hydrogen-bond donors (Lipinski definition) is 2. The Morgan fingerprint density at radius 2 is 1.70 bits per heavy atom. The Kier molecular flexibility index (Phi) is 7.79. The van der Waals surface area contributed by atoms with Gasteiger partial charge in [-0.2, -0.15) is 13.2 Å². The van der Waals surface area contributed by atoms with E-state index in [1.807, 2.05) is 6.07 Å². The van der Waals surface area contributed by atoms with Gasteiger partial charge in [-0.3, -0.25) is 0 Å². The number of β-amino-alcohol motifs (C(OH)–C–C–N with tert-alkyl or cyclic N) is 1. The topological polar surface area (TPSA) is 50.7 Å². The van der Waals surface area contributed by atoms with Crippen molar-refractivity contribution < 1.29 is 40.9 Å². The van der Waals surface area contributed by atoms with Gasteiger partial charge in [-0.15, -0.1) is 13.2 Å². The fraction of sp³-hybridized carbons (Fsp3) is 0.478. The van der Waals surface area contributed by atoms with E-state index in [9.17, 15) is 31.4 Å². The molecule has 0 amide bonds. The number of ether oxygens (including phenoxy) is 2. The van der Waals surface area contributed by atoms with E-state index in [1.54, 1.807) is 30.3 Å². The fourth-order valence-corrected chi connectivity index (χ4v) is 4.16. The Hall–Kier alpha value is -2.46. The van der Waals surface area contributed by atoms with Gasteiger partial charge in [-0.25, -0.2) is 0 Å². The molecule has 3 unspecified atom stereocenters. The summed E-state index contributed by atoms with van der Waals surface area (Å²) in [6, 6.07) is 14.3. The molecule has 0 spiro atoms. The number of para-hydroxylation sites is 1. The molecule has 2 N–H and O–H groups in total. The maximum absolute atomic E-state index is 12.9. The van der Waals surface area contributed by atoms with E-state index < -0.39 is 36.5 Å². The molecule has 1 fully saturated rings. The van der Waals surface area contributed by atoms with Gasteiger partial charge < -0.3 is 19.9 Å². The molecular formula is C23H25F6NO3. The van der Waals surface area contributed by atoms with Crippen molar-refractivity contribution in [3.63, 3.8) is 0 Å². The zero-order valence-corrected chi connectivity index (χ0v) is 17.6. The van der Waals surface area contributed by atoms with Crippen molar-refractivity contribution in [3.05, 3.63) is 60.2 Å². The maximum Gasteiger partial charge on any atom is 0.573 e. The lowest BCUT2D eigenvalue weighted by Gasteiger charge is -2.42. The Morgan fingerprint density at radius 1 is 1.00 bits per heavy atom. The van der Waals surface area contributed by atoms with Crippen LogP contribution in [0.2, 0.25) is 0 Å². The molecule has 10 heteroatoms. The molecule has 2 aromatic rings. The molecule has 2 aromatic carbocycles. The van der Waals surface area contributed by atoms with Crippen LogP contribution in [0.4, 0.5) is 26.3 Å². The summed E-state index contributed by atoms with van der Waals surface area (Å²) in [4.78, 5) is 0. The molecule has 1 aliphatic rings. The summed E-state index contributed by atoms with van der Waals surface area (Å²) >= 11 is 0. The first-order valence-electron chi connectivity index (χ1n) is 10.5. The van der Waals surface area contributed by atoms with Crippen molar-refractivity contribution in [1.82, 2.24) is 5.32 Å². The van der Waals surface area contributed by atoms with E-state index in [1.165, 1.54) is 12.1 Å². The van der Waals surface area contributed by atoms with Crippen LogP contribution in [0.1, 0.15) is 31.2 Å². The minimum Gasteiger partial charge on any atom is -0.490 e. The normalized spacial score (nSPS) is 22.6. The molecule has 182 valence electrons. The number of aliphatic hydroxyl groups is 1. The van der Waals surface area contributed by atoms with E-state index in [4.69, 9.17) is 4.74 Å². The molecule has 0 aliphatic heterocycles. The summed E-state index contributed by atoms with van der Waals surface area (Å²) in [6.45, 7) is -0.736. The monoisotopic (exact) mass is 477 g/mol. The lowest BCUT2D eigenvalue weighted by atomic mass is 9.76. The van der Waals surface area contributed by atoms with Gasteiger partial charge in [0.2, 0.25) is 0 Å². The largest absolute Gasteiger partial charge is 0.573 e. The van der Waals surface area contributed by atoms with Crippen LogP contribution in [0.3, 0.4) is 0 Å². The molecule has 0 heterocycles. The standard InChI is InChI=1S/C23H25F6NO3/c24-22(25,26)20(31)15-30-21(13-16-6-4-9-18(12-16)33-23(27,28)29)11-5-10-19(14-21)32-17-7-2-1-3-8-17/h1-4,6-9,12,19-20,30-31H,5,10-11,13-15H2. The Balaban J connectivity index is 1.80. The third-order valence-electron chi connectivity index (χ3n) is 5.57. The first-order valence-corrected chi connectivity index (χ1v) is 10.5. The highest BCUT2D eigenvalue weighted by atomic mass is 19.4. The summed E-state index contributed by atoms with van der Waals surface area (Å²) in [7, 11) is 0. The average molecular weight is 477 g/mol. The highest BCUT2D eigenvalue weighted by molar-refractivity contribution is 5.30. The zero-order valence-electron chi connectivity index (χ0n) is 17.6. The molecule has 0 aromatic heterocycles. The van der Waals surface area contributed by atoms with E-state index >= 15 is 0 Å². The van der Waals surface area contributed by atoms with Crippen LogP contribution in [0.15, 0.2) is 54.6 Å². The van der Waals surface area contributed by atoms with Crippen LogP contribution in [-0.4, -0.2) is 41.9 Å². The van der Waals surface area contributed by atoms with Crippen LogP contribution in [0.25, 0.3) is 0 Å². The molecule has 0 radical (unpaired) electrons. The highest BCUT2D eigenvalue weighted by Gasteiger charge is 2.42. The molecule has 1 aliphatic carbocycles. The third-order valence-corrected chi connectivity index (χ3v) is 5.57. The number of rotatable bonds is 8. The van der Waals surface area contributed by atoms with E-state index in [-0.39, 0.29) is 12.5 Å². The van der Waals surface area contributed by atoms with Gasteiger partial charge in [-0.05, 0) is 55.5 Å². The van der Waals surface area contributed by atoms with E-state index in [0.717, 1.165) is 6.07 Å². The van der Waals surface area contributed by atoms with Gasteiger partial charge in [0.15, 0.2) is 6.10 Å². The van der Waals surface area contributed by atoms with Crippen molar-refractivity contribution in [1.29, 1.82) is 0 Å². The maximum atomic E-state index is 12.9. The minimum atomic E-state index is -4.86. The van der Waals surface area contributed by atoms with Crippen molar-refractivity contribution in [2.75, 3.05) is 6.54 Å². The third kappa shape index (κ3) is 7.82. The van der Waals surface area contributed by atoms with Gasteiger partial charge in [0, 0.05) is 18.5 Å². The van der Waals surface area contributed by atoms with Crippen molar-refractivity contribution in [3.8, 4) is 11.5 Å². The SMILES string of the molecule is OC(CNC1(Cc2cccc(OC(F)(F)F)c2)CCCC(Oc2ccccc2)C1)C(F)(F)F. The number of halogens is 6. The van der Waals surface area contributed by atoms with Gasteiger partial charge in [-0.1, -0.05) is 30.3 Å². The van der Waals surface area contributed by atoms with Crippen LogP contribution in [0.5, 0.6) is 11.5 Å². The predicted molar refractivity (Wildman–Crippen MR) is 109 cm³/mol. The number of nitrogens with one attached hydrogen (secondary N) is 1. The number of alkyl halides is 6. The second kappa shape index (κ2) is 10.2. The van der Waals surface area contributed by atoms with Crippen LogP contribution in [0, 0.1) is 0 Å². The lowest BCUT2D eigenvalue weighted by Crippen LogP contribution is -2.55.